The van der Waals surface area contributed by atoms with E-state index in [1.54, 1.807) is 0 Å². The molecule has 0 saturated heterocycles. The number of hydrogen-bond donors (Lipinski definition) is 2. The van der Waals surface area contributed by atoms with Crippen LogP contribution in [0, 0.1) is 13.8 Å². The van der Waals surface area contributed by atoms with Crippen molar-refractivity contribution in [3.63, 3.8) is 0 Å². The van der Waals surface area contributed by atoms with Gasteiger partial charge in [0.1, 0.15) is 0 Å². The van der Waals surface area contributed by atoms with Crippen LogP contribution in [0.3, 0.4) is 0 Å². The number of aliphatic carboxylic acids is 1. The summed E-state index contributed by atoms with van der Waals surface area (Å²) in [4.78, 5) is 21.4. The largest absolute Gasteiger partial charge is 0.479 e. The fraction of sp³-hybridized carbons (Fsp3) is 0.273. The highest BCUT2D eigenvalue weighted by atomic mass is 16.6. The maximum absolute atomic E-state index is 11.2. The van der Waals surface area contributed by atoms with Crippen LogP contribution in [-0.2, 0) is 9.53 Å². The van der Waals surface area contributed by atoms with Crippen molar-refractivity contribution in [2.45, 2.75) is 13.8 Å². The van der Waals surface area contributed by atoms with E-state index >= 15 is 0 Å². The second-order valence-electron chi connectivity index (χ2n) is 3.36. The van der Waals surface area contributed by atoms with Crippen LogP contribution in [0.2, 0.25) is 0 Å². The fourth-order valence-corrected chi connectivity index (χ4v) is 1.28. The monoisotopic (exact) mass is 223 g/mol. The van der Waals surface area contributed by atoms with Crippen LogP contribution < -0.4 is 5.32 Å². The minimum absolute atomic E-state index is 0.642. The number of amides is 1. The SMILES string of the molecule is Cc1cccc(C)c1NC(=O)OCC(=O)O. The summed E-state index contributed by atoms with van der Waals surface area (Å²) in [7, 11) is 0. The van der Waals surface area contributed by atoms with Crippen molar-refractivity contribution < 1.29 is 19.4 Å². The average molecular weight is 223 g/mol. The predicted molar refractivity (Wildman–Crippen MR) is 58.5 cm³/mol. The molecule has 16 heavy (non-hydrogen) atoms. The van der Waals surface area contributed by atoms with Gasteiger partial charge in [-0.25, -0.2) is 9.59 Å². The van der Waals surface area contributed by atoms with Gasteiger partial charge in [-0.3, -0.25) is 5.32 Å². The molecule has 0 aliphatic carbocycles. The average Bonchev–Trinajstić information content (AvgIpc) is 2.21. The van der Waals surface area contributed by atoms with Crippen molar-refractivity contribution in [2.24, 2.45) is 0 Å². The second-order valence-corrected chi connectivity index (χ2v) is 3.36. The molecule has 1 aromatic carbocycles. The van der Waals surface area contributed by atoms with Gasteiger partial charge in [0.25, 0.3) is 0 Å². The number of nitrogens with one attached hydrogen (secondary N) is 1. The number of rotatable bonds is 3. The van der Waals surface area contributed by atoms with Gasteiger partial charge in [0.15, 0.2) is 6.61 Å². The molecule has 1 rings (SSSR count). The van der Waals surface area contributed by atoms with E-state index in [2.05, 4.69) is 10.1 Å². The summed E-state index contributed by atoms with van der Waals surface area (Å²) in [6.07, 6.45) is -0.764. The third kappa shape index (κ3) is 3.27. The van der Waals surface area contributed by atoms with Gasteiger partial charge in [0, 0.05) is 5.69 Å². The molecule has 0 aliphatic rings. The number of aryl methyl sites for hydroxylation is 2. The standard InChI is InChI=1S/C11H13NO4/c1-7-4-3-5-8(2)10(7)12-11(15)16-6-9(13)14/h3-5H,6H2,1-2H3,(H,12,15)(H,13,14). The number of anilines is 1. The molecule has 5 heteroatoms. The lowest BCUT2D eigenvalue weighted by Crippen LogP contribution is -2.19. The van der Waals surface area contributed by atoms with Gasteiger partial charge in [-0.05, 0) is 25.0 Å². The lowest BCUT2D eigenvalue weighted by molar-refractivity contribution is -0.140. The van der Waals surface area contributed by atoms with E-state index in [1.807, 2.05) is 32.0 Å². The number of ether oxygens (including phenoxy) is 1. The quantitative estimate of drug-likeness (QED) is 0.821. The summed E-state index contributed by atoms with van der Waals surface area (Å²) in [6, 6.07) is 5.57. The van der Waals surface area contributed by atoms with E-state index in [9.17, 15) is 9.59 Å². The Hall–Kier alpha value is -2.04. The molecule has 0 spiro atoms. The highest BCUT2D eigenvalue weighted by molar-refractivity contribution is 5.88. The topological polar surface area (TPSA) is 75.6 Å². The Labute approximate surface area is 93.0 Å². The van der Waals surface area contributed by atoms with Crippen LogP contribution in [0.25, 0.3) is 0 Å². The molecule has 86 valence electrons. The van der Waals surface area contributed by atoms with Crippen molar-refractivity contribution in [3.8, 4) is 0 Å². The van der Waals surface area contributed by atoms with Gasteiger partial charge in [0.05, 0.1) is 0 Å². The summed E-state index contributed by atoms with van der Waals surface area (Å²) >= 11 is 0. The Balaban J connectivity index is 2.66. The number of carbonyl (C=O) groups is 2. The zero-order chi connectivity index (χ0) is 12.1. The summed E-state index contributed by atoms with van der Waals surface area (Å²) in [6.45, 7) is 3.05. The lowest BCUT2D eigenvalue weighted by atomic mass is 10.1. The minimum Gasteiger partial charge on any atom is -0.479 e. The third-order valence-electron chi connectivity index (χ3n) is 2.03. The van der Waals surface area contributed by atoms with Crippen molar-refractivity contribution in [2.75, 3.05) is 11.9 Å². The first-order chi connectivity index (χ1) is 7.50. The molecule has 2 N–H and O–H groups in total. The molecule has 1 amide bonds. The van der Waals surface area contributed by atoms with Gasteiger partial charge < -0.3 is 9.84 Å². The van der Waals surface area contributed by atoms with Crippen molar-refractivity contribution in [1.29, 1.82) is 0 Å². The number of para-hydroxylation sites is 1. The minimum atomic E-state index is -1.18. The van der Waals surface area contributed by atoms with Gasteiger partial charge in [-0.2, -0.15) is 0 Å². The van der Waals surface area contributed by atoms with E-state index < -0.39 is 18.7 Å². The highest BCUT2D eigenvalue weighted by Crippen LogP contribution is 2.19. The van der Waals surface area contributed by atoms with Crippen LogP contribution in [0.15, 0.2) is 18.2 Å². The molecule has 0 atom stereocenters. The summed E-state index contributed by atoms with van der Waals surface area (Å²) in [5.74, 6) is -1.18. The second kappa shape index (κ2) is 5.16. The Bertz CT molecular complexity index is 394. The Morgan fingerprint density at radius 1 is 1.31 bits per heavy atom. The van der Waals surface area contributed by atoms with E-state index in [-0.39, 0.29) is 0 Å². The molecule has 0 fully saturated rings. The molecular weight excluding hydrogens is 210 g/mol. The zero-order valence-electron chi connectivity index (χ0n) is 9.11. The first-order valence-electron chi connectivity index (χ1n) is 4.72. The van der Waals surface area contributed by atoms with Crippen LogP contribution in [0.5, 0.6) is 0 Å². The third-order valence-corrected chi connectivity index (χ3v) is 2.03. The van der Waals surface area contributed by atoms with E-state index in [0.29, 0.717) is 5.69 Å². The summed E-state index contributed by atoms with van der Waals surface area (Å²) in [5.41, 5.74) is 2.44. The van der Waals surface area contributed by atoms with Crippen LogP contribution in [0.1, 0.15) is 11.1 Å². The zero-order valence-corrected chi connectivity index (χ0v) is 9.11. The number of benzene rings is 1. The molecule has 0 heterocycles. The molecule has 0 aliphatic heterocycles. The number of carboxylic acids is 1. The predicted octanol–water partition coefficient (Wildman–Crippen LogP) is 1.94. The number of carbonyl (C=O) groups excluding carboxylic acids is 1. The van der Waals surface area contributed by atoms with Crippen LogP contribution >= 0.6 is 0 Å². The van der Waals surface area contributed by atoms with Gasteiger partial charge >= 0.3 is 12.1 Å². The van der Waals surface area contributed by atoms with E-state index in [0.717, 1.165) is 11.1 Å². The number of hydrogen-bond acceptors (Lipinski definition) is 3. The first kappa shape index (κ1) is 12.0. The molecule has 0 unspecified atom stereocenters. The fourth-order valence-electron chi connectivity index (χ4n) is 1.28. The van der Waals surface area contributed by atoms with Crippen molar-refractivity contribution in [1.82, 2.24) is 0 Å². The highest BCUT2D eigenvalue weighted by Gasteiger charge is 2.09. The van der Waals surface area contributed by atoms with Gasteiger partial charge in [0.2, 0.25) is 0 Å². The van der Waals surface area contributed by atoms with Crippen molar-refractivity contribution >= 4 is 17.7 Å². The Morgan fingerprint density at radius 3 is 2.38 bits per heavy atom. The van der Waals surface area contributed by atoms with Gasteiger partial charge in [-0.1, -0.05) is 18.2 Å². The van der Waals surface area contributed by atoms with E-state index in [1.165, 1.54) is 0 Å². The maximum atomic E-state index is 11.2. The first-order valence-corrected chi connectivity index (χ1v) is 4.72. The summed E-state index contributed by atoms with van der Waals surface area (Å²) < 4.78 is 4.47. The molecule has 1 aromatic rings. The summed E-state index contributed by atoms with van der Waals surface area (Å²) in [5, 5.41) is 10.8. The van der Waals surface area contributed by atoms with Crippen LogP contribution in [-0.4, -0.2) is 23.8 Å². The van der Waals surface area contributed by atoms with Crippen LogP contribution in [0.4, 0.5) is 10.5 Å². The lowest BCUT2D eigenvalue weighted by Gasteiger charge is -2.10. The molecule has 0 aromatic heterocycles. The smallest absolute Gasteiger partial charge is 0.412 e. The van der Waals surface area contributed by atoms with Gasteiger partial charge in [-0.15, -0.1) is 0 Å². The molecule has 0 radical (unpaired) electrons. The molecule has 5 nitrogen and oxygen atoms in total. The van der Waals surface area contributed by atoms with Crippen molar-refractivity contribution in [3.05, 3.63) is 29.3 Å². The normalized spacial score (nSPS) is 9.62. The number of carboxylic acid groups (broad SMARTS) is 1. The molecule has 0 saturated carbocycles. The Kier molecular flexibility index (Phi) is 3.88. The molecule has 0 bridgehead atoms. The Morgan fingerprint density at radius 2 is 1.88 bits per heavy atom. The molecular formula is C11H13NO4. The van der Waals surface area contributed by atoms with E-state index in [4.69, 9.17) is 5.11 Å². The maximum Gasteiger partial charge on any atom is 0.412 e.